The second kappa shape index (κ2) is 8.39. The first kappa shape index (κ1) is 17.8. The molecule has 26 heavy (non-hydrogen) atoms. The first-order valence-corrected chi connectivity index (χ1v) is 8.98. The van der Waals surface area contributed by atoms with Crippen molar-refractivity contribution in [1.82, 2.24) is 15.5 Å². The van der Waals surface area contributed by atoms with Crippen molar-refractivity contribution in [2.75, 3.05) is 5.32 Å². The molecule has 0 unspecified atom stereocenters. The molecule has 2 aromatic heterocycles. The van der Waals surface area contributed by atoms with Crippen LogP contribution in [0.5, 0.6) is 0 Å². The predicted octanol–water partition coefficient (Wildman–Crippen LogP) is 3.01. The first-order valence-electron chi connectivity index (χ1n) is 8.10. The lowest BCUT2D eigenvalue weighted by atomic mass is 10.2. The molecule has 0 aliphatic rings. The van der Waals surface area contributed by atoms with E-state index in [0.29, 0.717) is 24.7 Å². The first-order chi connectivity index (χ1) is 12.6. The van der Waals surface area contributed by atoms with E-state index in [-0.39, 0.29) is 18.2 Å². The van der Waals surface area contributed by atoms with Crippen LogP contribution in [0.2, 0.25) is 0 Å². The predicted molar refractivity (Wildman–Crippen MR) is 98.5 cm³/mol. The number of anilines is 1. The SMILES string of the molecule is CC(=O)Nc1ccc(CNC(=O)CCc2nc(-c3cccs3)no2)cc1. The van der Waals surface area contributed by atoms with E-state index in [0.717, 1.165) is 16.1 Å². The van der Waals surface area contributed by atoms with Crippen LogP contribution in [0.15, 0.2) is 46.3 Å². The Bertz CT molecular complexity index is 872. The molecule has 3 rings (SSSR count). The average Bonchev–Trinajstić information content (AvgIpc) is 3.30. The molecule has 0 bridgehead atoms. The van der Waals surface area contributed by atoms with Crippen LogP contribution >= 0.6 is 11.3 Å². The summed E-state index contributed by atoms with van der Waals surface area (Å²) in [6, 6.07) is 11.2. The van der Waals surface area contributed by atoms with E-state index in [1.807, 2.05) is 29.6 Å². The number of rotatable bonds is 7. The van der Waals surface area contributed by atoms with Gasteiger partial charge in [-0.15, -0.1) is 11.3 Å². The number of hydrogen-bond acceptors (Lipinski definition) is 6. The van der Waals surface area contributed by atoms with Crippen LogP contribution in [0, 0.1) is 0 Å². The standard InChI is InChI=1S/C18H18N4O3S/c1-12(23)20-14-6-4-13(5-7-14)11-19-16(24)8-9-17-21-18(22-25-17)15-3-2-10-26-15/h2-7,10H,8-9,11H2,1H3,(H,19,24)(H,20,23). The zero-order valence-electron chi connectivity index (χ0n) is 14.2. The Morgan fingerprint density at radius 3 is 2.69 bits per heavy atom. The second-order valence-corrected chi connectivity index (χ2v) is 6.59. The molecule has 2 amide bonds. The minimum atomic E-state index is -0.116. The molecule has 3 aromatic rings. The Morgan fingerprint density at radius 1 is 1.19 bits per heavy atom. The molecule has 8 heteroatoms. The molecule has 0 aliphatic carbocycles. The summed E-state index contributed by atoms with van der Waals surface area (Å²) in [5.74, 6) is 0.791. The van der Waals surface area contributed by atoms with E-state index in [4.69, 9.17) is 4.52 Å². The highest BCUT2D eigenvalue weighted by Gasteiger charge is 2.11. The zero-order chi connectivity index (χ0) is 18.4. The number of nitrogens with zero attached hydrogens (tertiary/aromatic N) is 2. The van der Waals surface area contributed by atoms with Crippen molar-refractivity contribution in [1.29, 1.82) is 0 Å². The number of carbonyl (C=O) groups excluding carboxylic acids is 2. The van der Waals surface area contributed by atoms with Crippen LogP contribution in [0.4, 0.5) is 5.69 Å². The topological polar surface area (TPSA) is 97.1 Å². The van der Waals surface area contributed by atoms with Crippen LogP contribution in [0.25, 0.3) is 10.7 Å². The summed E-state index contributed by atoms with van der Waals surface area (Å²) in [6.45, 7) is 1.88. The number of benzene rings is 1. The molecule has 134 valence electrons. The lowest BCUT2D eigenvalue weighted by molar-refractivity contribution is -0.121. The van der Waals surface area contributed by atoms with Crippen LogP contribution in [0.3, 0.4) is 0 Å². The van der Waals surface area contributed by atoms with E-state index in [9.17, 15) is 9.59 Å². The minimum absolute atomic E-state index is 0.0909. The van der Waals surface area contributed by atoms with Crippen molar-refractivity contribution in [2.24, 2.45) is 0 Å². The maximum absolute atomic E-state index is 12.0. The van der Waals surface area contributed by atoms with Crippen LogP contribution < -0.4 is 10.6 Å². The van der Waals surface area contributed by atoms with Gasteiger partial charge in [-0.1, -0.05) is 23.4 Å². The van der Waals surface area contributed by atoms with Crippen LogP contribution in [-0.4, -0.2) is 22.0 Å². The van der Waals surface area contributed by atoms with Gasteiger partial charge >= 0.3 is 0 Å². The minimum Gasteiger partial charge on any atom is -0.352 e. The summed E-state index contributed by atoms with van der Waals surface area (Å²) in [6.07, 6.45) is 0.668. The van der Waals surface area contributed by atoms with Gasteiger partial charge in [-0.05, 0) is 29.1 Å². The van der Waals surface area contributed by atoms with Crippen LogP contribution in [-0.2, 0) is 22.6 Å². The third-order valence-corrected chi connectivity index (χ3v) is 4.41. The number of aryl methyl sites for hydroxylation is 1. The third-order valence-electron chi connectivity index (χ3n) is 3.54. The summed E-state index contributed by atoms with van der Waals surface area (Å²) in [5, 5.41) is 11.4. The highest BCUT2D eigenvalue weighted by atomic mass is 32.1. The highest BCUT2D eigenvalue weighted by molar-refractivity contribution is 7.13. The summed E-state index contributed by atoms with van der Waals surface area (Å²) in [4.78, 5) is 28.2. The molecule has 0 aliphatic heterocycles. The van der Waals surface area contributed by atoms with E-state index < -0.39 is 0 Å². The smallest absolute Gasteiger partial charge is 0.227 e. The normalized spacial score (nSPS) is 10.5. The van der Waals surface area contributed by atoms with Crippen molar-refractivity contribution < 1.29 is 14.1 Å². The maximum atomic E-state index is 12.0. The second-order valence-electron chi connectivity index (χ2n) is 5.64. The van der Waals surface area contributed by atoms with Crippen molar-refractivity contribution in [3.8, 4) is 10.7 Å². The summed E-state index contributed by atoms with van der Waals surface area (Å²) in [7, 11) is 0. The monoisotopic (exact) mass is 370 g/mol. The Balaban J connectivity index is 1.43. The fraction of sp³-hybridized carbons (Fsp3) is 0.222. The largest absolute Gasteiger partial charge is 0.352 e. The van der Waals surface area contributed by atoms with Gasteiger partial charge in [0.05, 0.1) is 4.88 Å². The van der Waals surface area contributed by atoms with Gasteiger partial charge in [0.15, 0.2) is 0 Å². The fourth-order valence-electron chi connectivity index (χ4n) is 2.28. The average molecular weight is 370 g/mol. The van der Waals surface area contributed by atoms with Gasteiger partial charge in [-0.25, -0.2) is 0 Å². The van der Waals surface area contributed by atoms with Gasteiger partial charge in [-0.2, -0.15) is 4.98 Å². The number of thiophene rings is 1. The number of carbonyl (C=O) groups is 2. The van der Waals surface area contributed by atoms with E-state index in [1.165, 1.54) is 18.3 Å². The highest BCUT2D eigenvalue weighted by Crippen LogP contribution is 2.21. The van der Waals surface area contributed by atoms with Crippen molar-refractivity contribution in [2.45, 2.75) is 26.3 Å². The lowest BCUT2D eigenvalue weighted by Crippen LogP contribution is -2.23. The van der Waals surface area contributed by atoms with Gasteiger partial charge in [0.25, 0.3) is 0 Å². The van der Waals surface area contributed by atoms with E-state index >= 15 is 0 Å². The molecular weight excluding hydrogens is 352 g/mol. The van der Waals surface area contributed by atoms with Crippen molar-refractivity contribution in [3.05, 3.63) is 53.2 Å². The molecule has 0 spiro atoms. The Labute approximate surface area is 154 Å². The fourth-order valence-corrected chi connectivity index (χ4v) is 2.93. The molecule has 7 nitrogen and oxygen atoms in total. The van der Waals surface area contributed by atoms with Gasteiger partial charge < -0.3 is 15.2 Å². The van der Waals surface area contributed by atoms with E-state index in [1.54, 1.807) is 12.1 Å². The molecule has 0 atom stereocenters. The molecule has 2 heterocycles. The van der Waals surface area contributed by atoms with Gasteiger partial charge in [-0.3, -0.25) is 9.59 Å². The van der Waals surface area contributed by atoms with Gasteiger partial charge in [0, 0.05) is 32.0 Å². The van der Waals surface area contributed by atoms with E-state index in [2.05, 4.69) is 20.8 Å². The number of aromatic nitrogens is 2. The molecular formula is C18H18N4O3S. The quantitative estimate of drug-likeness (QED) is 0.666. The summed E-state index contributed by atoms with van der Waals surface area (Å²) in [5.41, 5.74) is 1.68. The molecule has 1 aromatic carbocycles. The zero-order valence-corrected chi connectivity index (χ0v) is 15.0. The Kier molecular flexibility index (Phi) is 5.75. The summed E-state index contributed by atoms with van der Waals surface area (Å²) < 4.78 is 5.18. The third kappa shape index (κ3) is 5.00. The van der Waals surface area contributed by atoms with Gasteiger partial charge in [0.2, 0.25) is 23.5 Å². The molecule has 2 N–H and O–H groups in total. The Hall–Kier alpha value is -3.00. The van der Waals surface area contributed by atoms with Crippen molar-refractivity contribution >= 4 is 28.8 Å². The molecule has 0 saturated carbocycles. The number of hydrogen-bond donors (Lipinski definition) is 2. The number of nitrogens with one attached hydrogen (secondary N) is 2. The van der Waals surface area contributed by atoms with Gasteiger partial charge in [0.1, 0.15) is 0 Å². The number of amides is 2. The Morgan fingerprint density at radius 2 is 2.00 bits per heavy atom. The molecule has 0 fully saturated rings. The van der Waals surface area contributed by atoms with Crippen LogP contribution in [0.1, 0.15) is 24.8 Å². The van der Waals surface area contributed by atoms with Crippen molar-refractivity contribution in [3.63, 3.8) is 0 Å². The maximum Gasteiger partial charge on any atom is 0.227 e. The molecule has 0 saturated heterocycles. The summed E-state index contributed by atoms with van der Waals surface area (Å²) >= 11 is 1.54. The molecule has 0 radical (unpaired) electrons. The lowest BCUT2D eigenvalue weighted by Gasteiger charge is -2.06.